The molecule has 0 heterocycles. The van der Waals surface area contributed by atoms with Crippen LogP contribution in [0.2, 0.25) is 0 Å². The molecule has 0 bridgehead atoms. The number of anilines is 4. The molecule has 14 heteroatoms. The van der Waals surface area contributed by atoms with Crippen LogP contribution >= 0.6 is 24.8 Å². The van der Waals surface area contributed by atoms with E-state index in [2.05, 4.69) is 10.6 Å². The average molecular weight is 577 g/mol. The number of carbonyl (C=O) groups is 4. The quantitative estimate of drug-likeness (QED) is 0.253. The Kier molecular flexibility index (Phi) is 14.1. The number of halogens is 2. The maximum absolute atomic E-state index is 11.8. The smallest absolute Gasteiger partial charge is 0.412 e. The van der Waals surface area contributed by atoms with Gasteiger partial charge in [-0.05, 0) is 77.9 Å². The minimum Gasteiger partial charge on any atom is -0.478 e. The van der Waals surface area contributed by atoms with E-state index < -0.39 is 35.3 Å². The number of nitrogens with two attached hydrogens (primary N) is 2. The molecule has 2 amide bonds. The van der Waals surface area contributed by atoms with E-state index in [9.17, 15) is 24.3 Å². The number of carboxylic acid groups (broad SMARTS) is 2. The first kappa shape index (κ1) is 36.3. The minimum atomic E-state index is -1.21. The Labute approximate surface area is 232 Å². The van der Waals surface area contributed by atoms with Gasteiger partial charge in [0, 0.05) is 22.7 Å². The Hall–Kier alpha value is -3.90. The van der Waals surface area contributed by atoms with Crippen LogP contribution in [0.15, 0.2) is 36.4 Å². The van der Waals surface area contributed by atoms with Gasteiger partial charge >= 0.3 is 24.1 Å². The van der Waals surface area contributed by atoms with Gasteiger partial charge in [-0.15, -0.1) is 24.8 Å². The second-order valence-corrected chi connectivity index (χ2v) is 9.55. The molecular formula is C24H34Cl2N4O8. The molecule has 212 valence electrons. The van der Waals surface area contributed by atoms with Crippen molar-refractivity contribution in [2.75, 3.05) is 22.1 Å². The summed E-state index contributed by atoms with van der Waals surface area (Å²) >= 11 is 0. The third kappa shape index (κ3) is 14.6. The van der Waals surface area contributed by atoms with E-state index >= 15 is 0 Å². The van der Waals surface area contributed by atoms with Crippen LogP contribution in [0.25, 0.3) is 0 Å². The van der Waals surface area contributed by atoms with Crippen LogP contribution in [-0.4, -0.2) is 45.5 Å². The van der Waals surface area contributed by atoms with Gasteiger partial charge in [0.2, 0.25) is 0 Å². The van der Waals surface area contributed by atoms with Gasteiger partial charge in [-0.2, -0.15) is 0 Å². The highest BCUT2D eigenvalue weighted by Gasteiger charge is 2.19. The van der Waals surface area contributed by atoms with E-state index in [1.165, 1.54) is 36.4 Å². The van der Waals surface area contributed by atoms with E-state index in [0.717, 1.165) is 0 Å². The molecule has 0 spiro atoms. The minimum absolute atomic E-state index is 0. The summed E-state index contributed by atoms with van der Waals surface area (Å²) in [7, 11) is 0. The third-order valence-electron chi connectivity index (χ3n) is 3.70. The number of benzene rings is 2. The van der Waals surface area contributed by atoms with E-state index in [1.807, 2.05) is 0 Å². The average Bonchev–Trinajstić information content (AvgIpc) is 2.64. The van der Waals surface area contributed by atoms with Gasteiger partial charge < -0.3 is 31.2 Å². The molecule has 0 aliphatic carbocycles. The third-order valence-corrected chi connectivity index (χ3v) is 3.70. The molecule has 12 nitrogen and oxygen atoms in total. The molecule has 2 aromatic rings. The van der Waals surface area contributed by atoms with E-state index in [4.69, 9.17) is 26.0 Å². The maximum Gasteiger partial charge on any atom is 0.412 e. The van der Waals surface area contributed by atoms with E-state index in [1.54, 1.807) is 41.5 Å². The van der Waals surface area contributed by atoms with Gasteiger partial charge in [-0.3, -0.25) is 10.6 Å². The topological polar surface area (TPSA) is 203 Å². The number of amides is 2. The summed E-state index contributed by atoms with van der Waals surface area (Å²) in [5.41, 5.74) is 10.4. The number of hydrogen-bond acceptors (Lipinski definition) is 8. The SMILES string of the molecule is CC(C)(C)OC(=O)Nc1cc(NC(=O)OC(C)(C)C)cc(C(=O)O)c1.Cl.Cl.Nc1cc(N)cc(C(=O)O)c1. The highest BCUT2D eigenvalue weighted by atomic mass is 35.5. The zero-order valence-electron chi connectivity index (χ0n) is 21.8. The second-order valence-electron chi connectivity index (χ2n) is 9.55. The summed E-state index contributed by atoms with van der Waals surface area (Å²) in [4.78, 5) is 45.3. The number of carboxylic acids is 2. The van der Waals surface area contributed by atoms with Gasteiger partial charge in [0.05, 0.1) is 11.1 Å². The monoisotopic (exact) mass is 576 g/mol. The molecule has 0 aromatic heterocycles. The number of carbonyl (C=O) groups excluding carboxylic acids is 2. The van der Waals surface area contributed by atoms with Gasteiger partial charge in [0.1, 0.15) is 11.2 Å². The lowest BCUT2D eigenvalue weighted by Gasteiger charge is -2.21. The largest absolute Gasteiger partial charge is 0.478 e. The fraction of sp³-hybridized carbons (Fsp3) is 0.333. The highest BCUT2D eigenvalue weighted by Crippen LogP contribution is 2.21. The molecule has 0 atom stereocenters. The summed E-state index contributed by atoms with van der Waals surface area (Å²) in [6.45, 7) is 10.2. The first-order valence-electron chi connectivity index (χ1n) is 10.6. The number of rotatable bonds is 4. The van der Waals surface area contributed by atoms with Gasteiger partial charge in [-0.25, -0.2) is 19.2 Å². The van der Waals surface area contributed by atoms with Crippen molar-refractivity contribution in [1.82, 2.24) is 0 Å². The molecule has 38 heavy (non-hydrogen) atoms. The number of nitrogen functional groups attached to an aromatic ring is 2. The Bertz CT molecular complexity index is 1080. The lowest BCUT2D eigenvalue weighted by Crippen LogP contribution is -2.28. The maximum atomic E-state index is 11.8. The van der Waals surface area contributed by atoms with Crippen molar-refractivity contribution in [2.45, 2.75) is 52.7 Å². The molecule has 0 radical (unpaired) electrons. The predicted octanol–water partition coefficient (Wildman–Crippen LogP) is 5.47. The lowest BCUT2D eigenvalue weighted by atomic mass is 10.1. The van der Waals surface area contributed by atoms with Crippen LogP contribution in [0, 0.1) is 0 Å². The van der Waals surface area contributed by atoms with Crippen molar-refractivity contribution < 1.29 is 38.9 Å². The first-order valence-corrected chi connectivity index (χ1v) is 10.6. The lowest BCUT2D eigenvalue weighted by molar-refractivity contribution is 0.0625. The zero-order valence-corrected chi connectivity index (χ0v) is 23.4. The molecule has 0 aliphatic rings. The zero-order chi connectivity index (χ0) is 27.8. The van der Waals surface area contributed by atoms with Crippen LogP contribution < -0.4 is 22.1 Å². The summed E-state index contributed by atoms with van der Waals surface area (Å²) in [6, 6.07) is 8.14. The van der Waals surface area contributed by atoms with Crippen LogP contribution in [0.4, 0.5) is 32.3 Å². The van der Waals surface area contributed by atoms with Gasteiger partial charge in [0.25, 0.3) is 0 Å². The van der Waals surface area contributed by atoms with E-state index in [0.29, 0.717) is 11.4 Å². The molecule has 2 aromatic carbocycles. The number of nitrogens with one attached hydrogen (secondary N) is 2. The summed E-state index contributed by atoms with van der Waals surface area (Å²) in [5.74, 6) is -2.23. The summed E-state index contributed by atoms with van der Waals surface area (Å²) < 4.78 is 10.2. The van der Waals surface area contributed by atoms with Crippen molar-refractivity contribution in [3.8, 4) is 0 Å². The molecule has 0 fully saturated rings. The van der Waals surface area contributed by atoms with Crippen molar-refractivity contribution in [3.63, 3.8) is 0 Å². The van der Waals surface area contributed by atoms with Crippen LogP contribution in [0.5, 0.6) is 0 Å². The molecule has 0 saturated heterocycles. The molecular weight excluding hydrogens is 543 g/mol. The first-order chi connectivity index (χ1) is 16.3. The van der Waals surface area contributed by atoms with E-state index in [-0.39, 0.29) is 47.3 Å². The Morgan fingerprint density at radius 3 is 1.24 bits per heavy atom. The van der Waals surface area contributed by atoms with Crippen LogP contribution in [-0.2, 0) is 9.47 Å². The standard InChI is InChI=1S/C17H24N2O6.C7H8N2O2.2ClH/c1-16(2,3)24-14(22)18-11-7-10(13(20)21)8-12(9-11)19-15(23)25-17(4,5)6;8-5-1-4(7(10)11)2-6(9)3-5;;/h7-9H,1-6H3,(H,18,22)(H,19,23)(H,20,21);1-3H,8-9H2,(H,10,11);2*1H. The Balaban J connectivity index is 0. The Morgan fingerprint density at radius 2 is 0.947 bits per heavy atom. The van der Waals surface area contributed by atoms with Crippen molar-refractivity contribution in [1.29, 1.82) is 0 Å². The fourth-order valence-electron chi connectivity index (χ4n) is 2.54. The van der Waals surface area contributed by atoms with Crippen molar-refractivity contribution in [3.05, 3.63) is 47.5 Å². The van der Waals surface area contributed by atoms with Crippen LogP contribution in [0.3, 0.4) is 0 Å². The molecule has 2 rings (SSSR count). The molecule has 8 N–H and O–H groups in total. The summed E-state index contributed by atoms with van der Waals surface area (Å²) in [5, 5.41) is 22.6. The fourth-order valence-corrected chi connectivity index (χ4v) is 2.54. The second kappa shape index (κ2) is 14.7. The molecule has 0 aliphatic heterocycles. The van der Waals surface area contributed by atoms with Gasteiger partial charge in [0.15, 0.2) is 0 Å². The number of ether oxygens (including phenoxy) is 2. The van der Waals surface area contributed by atoms with Crippen molar-refractivity contribution >= 4 is 71.7 Å². The number of hydrogen-bond donors (Lipinski definition) is 6. The molecule has 0 unspecified atom stereocenters. The normalized spacial score (nSPS) is 10.3. The molecule has 0 saturated carbocycles. The van der Waals surface area contributed by atoms with Gasteiger partial charge in [-0.1, -0.05) is 0 Å². The number of aromatic carboxylic acids is 2. The summed E-state index contributed by atoms with van der Waals surface area (Å²) in [6.07, 6.45) is -1.48. The van der Waals surface area contributed by atoms with Crippen molar-refractivity contribution in [2.24, 2.45) is 0 Å². The van der Waals surface area contributed by atoms with Crippen LogP contribution in [0.1, 0.15) is 62.3 Å². The highest BCUT2D eigenvalue weighted by molar-refractivity contribution is 5.95. The Morgan fingerprint density at radius 1 is 0.632 bits per heavy atom. The predicted molar refractivity (Wildman–Crippen MR) is 150 cm³/mol.